The molecule has 0 unspecified atom stereocenters. The number of halogens is 6. The summed E-state index contributed by atoms with van der Waals surface area (Å²) in [5.74, 6) is 0. The van der Waals surface area contributed by atoms with Crippen molar-refractivity contribution in [3.05, 3.63) is 0 Å². The Labute approximate surface area is 73.5 Å². The van der Waals surface area contributed by atoms with E-state index in [1.54, 1.807) is 0 Å². The molecule has 0 aliphatic carbocycles. The maximum absolute atomic E-state index is 11.2. The van der Waals surface area contributed by atoms with Crippen molar-refractivity contribution in [2.75, 3.05) is 0 Å². The molecule has 0 saturated carbocycles. The van der Waals surface area contributed by atoms with Crippen LogP contribution in [-0.2, 0) is 0 Å². The second-order valence-electron chi connectivity index (χ2n) is 1.13. The predicted molar refractivity (Wildman–Crippen MR) is 33.0 cm³/mol. The van der Waals surface area contributed by atoms with Crippen LogP contribution < -0.4 is 0 Å². The average molecular weight is 330 g/mol. The first-order valence-electron chi connectivity index (χ1n) is 1.88. The molecule has 0 aliphatic rings. The first-order chi connectivity index (χ1) is 4.71. The summed E-state index contributed by atoms with van der Waals surface area (Å²) in [6.45, 7) is 0. The van der Waals surface area contributed by atoms with E-state index < -0.39 is 47.2 Å². The fourth-order valence-corrected chi connectivity index (χ4v) is 5.68. The topological polar surface area (TPSA) is 0 Å². The molecule has 0 heterocycles. The van der Waals surface area contributed by atoms with E-state index in [4.69, 9.17) is 0 Å². The molecule has 0 aliphatic heterocycles. The third-order valence-corrected chi connectivity index (χ3v) is 7.91. The molecule has 0 aromatic carbocycles. The second kappa shape index (κ2) is 4.35. The summed E-state index contributed by atoms with van der Waals surface area (Å²) in [6.07, 6.45) is 0. The fourth-order valence-electron chi connectivity index (χ4n) is 0.0942. The van der Waals surface area contributed by atoms with Gasteiger partial charge in [0.1, 0.15) is 0 Å². The Morgan fingerprint density at radius 2 is 1.00 bits per heavy atom. The van der Waals surface area contributed by atoms with Gasteiger partial charge in [0.25, 0.3) is 0 Å². The minimum absolute atomic E-state index is 0.567. The maximum atomic E-state index is 11.2. The SMILES string of the molecule is FC(F)(F)S[Te]SC(F)(F)F. The zero-order valence-corrected chi connectivity index (χ0v) is 8.46. The molecule has 0 amide bonds. The normalized spacial score (nSPS) is 13.6. The van der Waals surface area contributed by atoms with Gasteiger partial charge >= 0.3 is 73.5 Å². The van der Waals surface area contributed by atoms with Gasteiger partial charge in [-0.15, -0.1) is 0 Å². The molecule has 0 spiro atoms. The molecule has 0 bridgehead atoms. The second-order valence-corrected chi connectivity index (χ2v) is 9.28. The van der Waals surface area contributed by atoms with Crippen LogP contribution in [0.2, 0.25) is 0 Å². The van der Waals surface area contributed by atoms with Crippen LogP contribution in [0, 0.1) is 0 Å². The van der Waals surface area contributed by atoms with Gasteiger partial charge in [0.15, 0.2) is 0 Å². The van der Waals surface area contributed by atoms with E-state index in [2.05, 4.69) is 0 Å². The number of hydrogen-bond donors (Lipinski definition) is 0. The summed E-state index contributed by atoms with van der Waals surface area (Å²) >= 11 is -2.14. The van der Waals surface area contributed by atoms with Crippen LogP contribution in [0.4, 0.5) is 26.3 Å². The van der Waals surface area contributed by atoms with Gasteiger partial charge in [-0.25, -0.2) is 0 Å². The Bertz CT molecular complexity index is 103. The Balaban J connectivity index is 3.44. The molecule has 0 rings (SSSR count). The van der Waals surface area contributed by atoms with Crippen molar-refractivity contribution >= 4 is 36.2 Å². The molecule has 0 saturated heterocycles. The van der Waals surface area contributed by atoms with Crippen molar-refractivity contribution in [1.29, 1.82) is 0 Å². The van der Waals surface area contributed by atoms with Crippen LogP contribution in [0.1, 0.15) is 0 Å². The van der Waals surface area contributed by atoms with Crippen molar-refractivity contribution in [3.8, 4) is 0 Å². The summed E-state index contributed by atoms with van der Waals surface area (Å²) in [5.41, 5.74) is -9.05. The number of hydrogen-bond acceptors (Lipinski definition) is 2. The van der Waals surface area contributed by atoms with E-state index in [9.17, 15) is 26.3 Å². The van der Waals surface area contributed by atoms with Gasteiger partial charge in [-0.05, 0) is 0 Å². The predicted octanol–water partition coefficient (Wildman–Crippen LogP) is 3.03. The van der Waals surface area contributed by atoms with E-state index in [-0.39, 0.29) is 0 Å². The van der Waals surface area contributed by atoms with Crippen LogP contribution >= 0.6 is 18.0 Å². The molecule has 0 fully saturated rings. The first kappa shape index (κ1) is 12.1. The Morgan fingerprint density at radius 1 is 0.727 bits per heavy atom. The summed E-state index contributed by atoms with van der Waals surface area (Å²) in [4.78, 5) is 0. The van der Waals surface area contributed by atoms with Gasteiger partial charge in [0, 0.05) is 0 Å². The summed E-state index contributed by atoms with van der Waals surface area (Å²) < 4.78 is 67.5. The standard InChI is InChI=1S/C2F6S2Te/c3-1(4,5)9-11-10-2(6,7)8. The Morgan fingerprint density at radius 3 is 1.18 bits per heavy atom. The third kappa shape index (κ3) is 11.1. The molecule has 0 aromatic heterocycles. The van der Waals surface area contributed by atoms with Gasteiger partial charge in [-0.3, -0.25) is 0 Å². The van der Waals surface area contributed by atoms with Crippen LogP contribution in [0.5, 0.6) is 0 Å². The zero-order valence-electron chi connectivity index (χ0n) is 4.49. The van der Waals surface area contributed by atoms with E-state index >= 15 is 0 Å². The Kier molecular flexibility index (Phi) is 4.77. The van der Waals surface area contributed by atoms with Gasteiger partial charge in [0.2, 0.25) is 0 Å². The molecule has 0 N–H and O–H groups in total. The molecule has 0 nitrogen and oxygen atoms in total. The van der Waals surface area contributed by atoms with Crippen LogP contribution in [0.3, 0.4) is 0 Å². The van der Waals surface area contributed by atoms with Crippen molar-refractivity contribution < 1.29 is 26.3 Å². The zero-order chi connectivity index (χ0) is 9.12. The average Bonchev–Trinajstić information content (AvgIpc) is 1.55. The molecule has 0 radical (unpaired) electrons. The van der Waals surface area contributed by atoms with Crippen LogP contribution in [0.15, 0.2) is 0 Å². The van der Waals surface area contributed by atoms with Crippen LogP contribution in [-0.4, -0.2) is 29.2 Å². The van der Waals surface area contributed by atoms with Crippen molar-refractivity contribution in [3.63, 3.8) is 0 Å². The molecule has 11 heavy (non-hydrogen) atoms. The monoisotopic (exact) mass is 332 g/mol. The van der Waals surface area contributed by atoms with E-state index in [1.165, 1.54) is 0 Å². The number of rotatable bonds is 2. The van der Waals surface area contributed by atoms with E-state index in [1.807, 2.05) is 0 Å². The fraction of sp³-hybridized carbons (Fsp3) is 1.00. The molecule has 0 atom stereocenters. The minimum atomic E-state index is -4.53. The molecular weight excluding hydrogens is 330 g/mol. The van der Waals surface area contributed by atoms with Crippen molar-refractivity contribution in [2.24, 2.45) is 0 Å². The molecule has 9 heteroatoms. The van der Waals surface area contributed by atoms with E-state index in [0.29, 0.717) is 0 Å². The third-order valence-electron chi connectivity index (χ3n) is 0.257. The molecular formula is C2F6S2Te. The van der Waals surface area contributed by atoms with Crippen molar-refractivity contribution in [2.45, 2.75) is 11.0 Å². The first-order valence-corrected chi connectivity index (χ1v) is 9.07. The van der Waals surface area contributed by atoms with Gasteiger partial charge in [-0.2, -0.15) is 0 Å². The summed E-state index contributed by atoms with van der Waals surface area (Å²) in [5, 5.41) is 0. The quantitative estimate of drug-likeness (QED) is 0.564. The number of alkyl halides is 6. The van der Waals surface area contributed by atoms with Crippen molar-refractivity contribution in [1.82, 2.24) is 0 Å². The van der Waals surface area contributed by atoms with Gasteiger partial charge in [-0.1, -0.05) is 0 Å². The Hall–Kier alpha value is 1.07. The van der Waals surface area contributed by atoms with Crippen LogP contribution in [0.25, 0.3) is 0 Å². The van der Waals surface area contributed by atoms with Gasteiger partial charge < -0.3 is 0 Å². The summed E-state index contributed by atoms with van der Waals surface area (Å²) in [6, 6.07) is 0. The molecule has 0 aromatic rings. The summed E-state index contributed by atoms with van der Waals surface area (Å²) in [7, 11) is -1.13. The van der Waals surface area contributed by atoms with E-state index in [0.717, 1.165) is 0 Å². The molecule has 68 valence electrons. The van der Waals surface area contributed by atoms with Gasteiger partial charge in [0.05, 0.1) is 0 Å².